The van der Waals surface area contributed by atoms with Crippen molar-refractivity contribution >= 4 is 46.7 Å². The molecule has 0 aromatic heterocycles. The highest BCUT2D eigenvalue weighted by Gasteiger charge is 2.06. The van der Waals surface area contributed by atoms with Crippen LogP contribution in [0.5, 0.6) is 0 Å². The normalized spacial score (nSPS) is 11.1. The number of nitrogens with one attached hydrogen (secondary N) is 1. The van der Waals surface area contributed by atoms with Gasteiger partial charge in [-0.25, -0.2) is 0 Å². The summed E-state index contributed by atoms with van der Waals surface area (Å²) in [5.74, 6) is 0. The maximum atomic E-state index is 5.99. The maximum absolute atomic E-state index is 5.99. The van der Waals surface area contributed by atoms with Crippen LogP contribution in [0.25, 0.3) is 0 Å². The molecule has 1 aromatic carbocycles. The number of rotatable bonds is 6. The lowest BCUT2D eigenvalue weighted by molar-refractivity contribution is 0.746. The molecule has 0 spiro atoms. The molecule has 0 saturated heterocycles. The minimum Gasteiger partial charge on any atom is -0.276 e. The zero-order valence-corrected chi connectivity index (χ0v) is 11.9. The van der Waals surface area contributed by atoms with Crippen molar-refractivity contribution in [2.45, 2.75) is 32.6 Å². The minimum absolute atomic E-state index is 0.466. The van der Waals surface area contributed by atoms with Gasteiger partial charge in [0.25, 0.3) is 0 Å². The third-order valence-electron chi connectivity index (χ3n) is 2.21. The van der Waals surface area contributed by atoms with Gasteiger partial charge in [0.2, 0.25) is 0 Å². The van der Waals surface area contributed by atoms with Crippen molar-refractivity contribution in [2.75, 3.05) is 5.43 Å². The molecule has 0 bridgehead atoms. The van der Waals surface area contributed by atoms with E-state index in [1.807, 2.05) is 6.21 Å². The van der Waals surface area contributed by atoms with Crippen molar-refractivity contribution in [1.29, 1.82) is 0 Å². The number of anilines is 1. The third-order valence-corrected chi connectivity index (χ3v) is 3.03. The lowest BCUT2D eigenvalue weighted by Crippen LogP contribution is -1.92. The van der Waals surface area contributed by atoms with Gasteiger partial charge >= 0.3 is 0 Å². The molecule has 0 aliphatic heterocycles. The Hall–Kier alpha value is -0.440. The van der Waals surface area contributed by atoms with E-state index in [4.69, 9.17) is 34.8 Å². The van der Waals surface area contributed by atoms with Gasteiger partial charge in [-0.3, -0.25) is 5.43 Å². The van der Waals surface area contributed by atoms with Crippen LogP contribution >= 0.6 is 34.8 Å². The van der Waals surface area contributed by atoms with Gasteiger partial charge in [0.1, 0.15) is 0 Å². The van der Waals surface area contributed by atoms with Crippen LogP contribution in [0.4, 0.5) is 5.69 Å². The molecule has 0 fully saturated rings. The van der Waals surface area contributed by atoms with Gasteiger partial charge in [0.05, 0.1) is 15.7 Å². The highest BCUT2D eigenvalue weighted by Crippen LogP contribution is 2.33. The average molecular weight is 294 g/mol. The fourth-order valence-corrected chi connectivity index (χ4v) is 2.21. The van der Waals surface area contributed by atoms with E-state index in [0.717, 1.165) is 12.8 Å². The molecule has 5 heteroatoms. The van der Waals surface area contributed by atoms with Crippen molar-refractivity contribution in [2.24, 2.45) is 5.10 Å². The summed E-state index contributed by atoms with van der Waals surface area (Å²) in [7, 11) is 0. The second-order valence-electron chi connectivity index (χ2n) is 3.66. The predicted octanol–water partition coefficient (Wildman–Crippen LogP) is 5.62. The quantitative estimate of drug-likeness (QED) is 0.410. The van der Waals surface area contributed by atoms with Crippen LogP contribution in [0.1, 0.15) is 32.6 Å². The van der Waals surface area contributed by atoms with E-state index in [0.29, 0.717) is 20.8 Å². The Bertz CT molecular complexity index is 368. The Morgan fingerprint density at radius 2 is 1.82 bits per heavy atom. The van der Waals surface area contributed by atoms with Gasteiger partial charge in [-0.2, -0.15) is 5.10 Å². The van der Waals surface area contributed by atoms with Crippen molar-refractivity contribution in [3.05, 3.63) is 27.2 Å². The van der Waals surface area contributed by atoms with E-state index >= 15 is 0 Å². The van der Waals surface area contributed by atoms with E-state index < -0.39 is 0 Å². The summed E-state index contributed by atoms with van der Waals surface area (Å²) in [4.78, 5) is 0. The van der Waals surface area contributed by atoms with Crippen molar-refractivity contribution < 1.29 is 0 Å². The number of benzene rings is 1. The van der Waals surface area contributed by atoms with Crippen LogP contribution < -0.4 is 5.43 Å². The fourth-order valence-electron chi connectivity index (χ4n) is 1.31. The Morgan fingerprint density at radius 1 is 1.18 bits per heavy atom. The summed E-state index contributed by atoms with van der Waals surface area (Å²) >= 11 is 17.8. The molecular weight excluding hydrogens is 279 g/mol. The summed E-state index contributed by atoms with van der Waals surface area (Å²) in [5.41, 5.74) is 3.42. The Morgan fingerprint density at radius 3 is 2.41 bits per heavy atom. The lowest BCUT2D eigenvalue weighted by atomic mass is 10.2. The summed E-state index contributed by atoms with van der Waals surface area (Å²) in [6.07, 6.45) is 6.34. The molecule has 1 rings (SSSR count). The summed E-state index contributed by atoms with van der Waals surface area (Å²) < 4.78 is 0. The van der Waals surface area contributed by atoms with Crippen molar-refractivity contribution in [3.63, 3.8) is 0 Å². The van der Waals surface area contributed by atoms with E-state index in [-0.39, 0.29) is 0 Å². The second kappa shape index (κ2) is 7.80. The number of unbranched alkanes of at least 4 members (excludes halogenated alkanes) is 3. The highest BCUT2D eigenvalue weighted by atomic mass is 35.5. The predicted molar refractivity (Wildman–Crippen MR) is 77.7 cm³/mol. The molecule has 0 radical (unpaired) electrons. The van der Waals surface area contributed by atoms with Crippen LogP contribution in [0.2, 0.25) is 15.1 Å². The van der Waals surface area contributed by atoms with Crippen LogP contribution in [0.15, 0.2) is 17.2 Å². The monoisotopic (exact) mass is 292 g/mol. The molecule has 0 amide bonds. The summed E-state index contributed by atoms with van der Waals surface area (Å²) in [5, 5.41) is 5.52. The average Bonchev–Trinajstić information content (AvgIpc) is 2.26. The van der Waals surface area contributed by atoms with Crippen LogP contribution in [0, 0.1) is 0 Å². The molecule has 94 valence electrons. The Labute approximate surface area is 117 Å². The molecule has 0 saturated carbocycles. The van der Waals surface area contributed by atoms with E-state index in [1.54, 1.807) is 12.1 Å². The molecule has 0 heterocycles. The first-order chi connectivity index (χ1) is 8.15. The smallest absolute Gasteiger partial charge is 0.0935 e. The highest BCUT2D eigenvalue weighted by molar-refractivity contribution is 6.41. The van der Waals surface area contributed by atoms with E-state index in [2.05, 4.69) is 17.5 Å². The number of hydrogen-bond donors (Lipinski definition) is 1. The molecule has 1 N–H and O–H groups in total. The van der Waals surface area contributed by atoms with Gasteiger partial charge in [-0.1, -0.05) is 54.6 Å². The van der Waals surface area contributed by atoms with Gasteiger partial charge in [-0.15, -0.1) is 0 Å². The fraction of sp³-hybridized carbons (Fsp3) is 0.417. The zero-order chi connectivity index (χ0) is 12.7. The first-order valence-corrected chi connectivity index (χ1v) is 6.70. The second-order valence-corrected chi connectivity index (χ2v) is 4.91. The van der Waals surface area contributed by atoms with E-state index in [1.165, 1.54) is 12.8 Å². The molecule has 2 nitrogen and oxygen atoms in total. The zero-order valence-electron chi connectivity index (χ0n) is 9.64. The van der Waals surface area contributed by atoms with Gasteiger partial charge in [0.15, 0.2) is 0 Å². The van der Waals surface area contributed by atoms with Crippen LogP contribution in [-0.2, 0) is 0 Å². The molecule has 17 heavy (non-hydrogen) atoms. The van der Waals surface area contributed by atoms with Gasteiger partial charge < -0.3 is 0 Å². The van der Waals surface area contributed by atoms with Crippen LogP contribution in [-0.4, -0.2) is 6.21 Å². The molecule has 0 atom stereocenters. The third kappa shape index (κ3) is 5.15. The molecular formula is C12H15Cl3N2. The van der Waals surface area contributed by atoms with Gasteiger partial charge in [0, 0.05) is 11.2 Å². The topological polar surface area (TPSA) is 24.4 Å². The molecule has 0 aliphatic rings. The molecule has 0 unspecified atom stereocenters. The molecule has 1 aromatic rings. The van der Waals surface area contributed by atoms with E-state index in [9.17, 15) is 0 Å². The number of nitrogens with zero attached hydrogens (tertiary/aromatic N) is 1. The lowest BCUT2D eigenvalue weighted by Gasteiger charge is -2.06. The number of hydrogen-bond acceptors (Lipinski definition) is 2. The van der Waals surface area contributed by atoms with Crippen LogP contribution in [0.3, 0.4) is 0 Å². The summed E-state index contributed by atoms with van der Waals surface area (Å²) in [6, 6.07) is 3.26. The summed E-state index contributed by atoms with van der Waals surface area (Å²) in [6.45, 7) is 2.17. The standard InChI is InChI=1S/C12H15Cl3N2/c1-2-3-4-5-6-16-17-12-10(14)7-9(13)8-11(12)15/h6-8,17H,2-5H2,1H3/b16-6+. The number of halogens is 3. The molecule has 0 aliphatic carbocycles. The van der Waals surface area contributed by atoms with Crippen molar-refractivity contribution in [3.8, 4) is 0 Å². The SMILES string of the molecule is CCCCC/C=N/Nc1c(Cl)cc(Cl)cc1Cl. The first-order valence-electron chi connectivity index (χ1n) is 5.57. The van der Waals surface area contributed by atoms with Crippen molar-refractivity contribution in [1.82, 2.24) is 0 Å². The minimum atomic E-state index is 0.466. The Kier molecular flexibility index (Phi) is 6.71. The Balaban J connectivity index is 2.52. The maximum Gasteiger partial charge on any atom is 0.0935 e. The number of hydrazone groups is 1. The largest absolute Gasteiger partial charge is 0.276 e. The first kappa shape index (κ1) is 14.6. The van der Waals surface area contributed by atoms with Gasteiger partial charge in [-0.05, 0) is 25.0 Å².